The monoisotopic (exact) mass is 492 g/mol. The zero-order valence-corrected chi connectivity index (χ0v) is 18.5. The lowest BCUT2D eigenvalue weighted by atomic mass is 9.79. The van der Waals surface area contributed by atoms with E-state index >= 15 is 0 Å². The average molecular weight is 494 g/mol. The Morgan fingerprint density at radius 3 is 2.42 bits per heavy atom. The second kappa shape index (κ2) is 9.14. The third-order valence-electron chi connectivity index (χ3n) is 5.17. The van der Waals surface area contributed by atoms with E-state index in [1.165, 1.54) is 31.5 Å². The molecule has 1 atom stereocenters. The predicted octanol–water partition coefficient (Wildman–Crippen LogP) is 5.62. The molecule has 31 heavy (non-hydrogen) atoms. The quantitative estimate of drug-likeness (QED) is 0.429. The van der Waals surface area contributed by atoms with Gasteiger partial charge in [0.1, 0.15) is 5.41 Å². The number of halogens is 6. The van der Waals surface area contributed by atoms with E-state index in [0.717, 1.165) is 0 Å². The van der Waals surface area contributed by atoms with Gasteiger partial charge in [-0.25, -0.2) is 10.2 Å². The van der Waals surface area contributed by atoms with Crippen LogP contribution in [0.4, 0.5) is 23.7 Å². The van der Waals surface area contributed by atoms with E-state index in [4.69, 9.17) is 34.8 Å². The summed E-state index contributed by atoms with van der Waals surface area (Å²) in [4.78, 5) is 12.8. The van der Waals surface area contributed by atoms with Crippen molar-refractivity contribution in [3.8, 4) is 0 Å². The minimum Gasteiger partial charge on any atom is -0.370 e. The summed E-state index contributed by atoms with van der Waals surface area (Å²) in [7, 11) is 1.45. The van der Waals surface area contributed by atoms with Crippen LogP contribution in [0.3, 0.4) is 0 Å². The van der Waals surface area contributed by atoms with Gasteiger partial charge in [0.2, 0.25) is 0 Å². The molecular weight excluding hydrogens is 476 g/mol. The molecule has 0 aromatic heterocycles. The van der Waals surface area contributed by atoms with Crippen LogP contribution in [0.15, 0.2) is 41.5 Å². The van der Waals surface area contributed by atoms with E-state index < -0.39 is 17.6 Å². The van der Waals surface area contributed by atoms with Crippen LogP contribution < -0.4 is 15.6 Å². The Hall–Kier alpha value is -2.16. The number of nitrogens with zero attached hydrogens (tertiary/aromatic N) is 2. The number of rotatable bonds is 4. The minimum atomic E-state index is -4.50. The van der Waals surface area contributed by atoms with Crippen LogP contribution in [0, 0.1) is 0 Å². The van der Waals surface area contributed by atoms with E-state index in [2.05, 4.69) is 15.8 Å². The Labute approximate surface area is 192 Å². The number of urea groups is 1. The molecule has 2 aromatic rings. The summed E-state index contributed by atoms with van der Waals surface area (Å²) in [5.74, 6) is 0. The number of alkyl halides is 3. The van der Waals surface area contributed by atoms with Crippen molar-refractivity contribution in [3.63, 3.8) is 0 Å². The van der Waals surface area contributed by atoms with Crippen LogP contribution in [0.25, 0.3) is 0 Å². The molecule has 1 aliphatic rings. The summed E-state index contributed by atoms with van der Waals surface area (Å²) < 4.78 is 42.7. The second-order valence-corrected chi connectivity index (χ2v) is 8.34. The maximum absolute atomic E-state index is 14.2. The van der Waals surface area contributed by atoms with E-state index in [1.54, 1.807) is 23.1 Å². The van der Waals surface area contributed by atoms with Crippen LogP contribution in [0.5, 0.6) is 0 Å². The minimum absolute atomic E-state index is 0.0372. The molecule has 0 aliphatic carbocycles. The Morgan fingerprint density at radius 2 is 1.84 bits per heavy atom. The third kappa shape index (κ3) is 5.02. The van der Waals surface area contributed by atoms with E-state index in [0.29, 0.717) is 11.3 Å². The molecule has 2 aromatic carbocycles. The zero-order valence-electron chi connectivity index (χ0n) is 16.2. The lowest BCUT2D eigenvalue weighted by Gasteiger charge is -2.33. The SMILES string of the molecule is CNC(=O)N/N=C/c1ccc(N2CCC(c3cc(Cl)cc(Cl)c3)(C(F)(F)F)C2)cc1Cl. The summed E-state index contributed by atoms with van der Waals surface area (Å²) in [6, 6.07) is 8.39. The summed E-state index contributed by atoms with van der Waals surface area (Å²) in [5, 5.41) is 6.69. The van der Waals surface area contributed by atoms with Crippen molar-refractivity contribution >= 4 is 52.7 Å². The number of nitrogens with one attached hydrogen (secondary N) is 2. The molecule has 0 radical (unpaired) electrons. The normalized spacial score (nSPS) is 19.1. The van der Waals surface area contributed by atoms with Crippen LogP contribution in [0.1, 0.15) is 17.5 Å². The Balaban J connectivity index is 1.87. The van der Waals surface area contributed by atoms with Gasteiger partial charge in [-0.2, -0.15) is 18.3 Å². The zero-order chi connectivity index (χ0) is 22.8. The number of amides is 2. The van der Waals surface area contributed by atoms with Crippen LogP contribution in [0.2, 0.25) is 15.1 Å². The summed E-state index contributed by atoms with van der Waals surface area (Å²) in [6.45, 7) is -0.124. The highest BCUT2D eigenvalue weighted by atomic mass is 35.5. The molecule has 0 bridgehead atoms. The second-order valence-electron chi connectivity index (χ2n) is 7.06. The largest absolute Gasteiger partial charge is 0.400 e. The van der Waals surface area contributed by atoms with Gasteiger partial charge in [0.05, 0.1) is 11.2 Å². The van der Waals surface area contributed by atoms with Crippen molar-refractivity contribution in [2.24, 2.45) is 5.10 Å². The third-order valence-corrected chi connectivity index (χ3v) is 5.94. The van der Waals surface area contributed by atoms with Crippen molar-refractivity contribution in [1.29, 1.82) is 0 Å². The standard InChI is InChI=1S/C20H18Cl3F3N4O/c1-27-18(31)29-28-10-12-2-3-16(9-17(12)23)30-5-4-19(11-30,20(24,25)26)13-6-14(21)8-15(22)7-13/h2-3,6-10H,4-5,11H2,1H3,(H2,27,29,31)/b28-10+. The van der Waals surface area contributed by atoms with Gasteiger partial charge in [-0.05, 0) is 48.4 Å². The number of hydrazone groups is 1. The molecule has 2 amide bonds. The van der Waals surface area contributed by atoms with Crippen molar-refractivity contribution < 1.29 is 18.0 Å². The predicted molar refractivity (Wildman–Crippen MR) is 118 cm³/mol. The van der Waals surface area contributed by atoms with Gasteiger partial charge in [0, 0.05) is 41.4 Å². The maximum atomic E-state index is 14.2. The summed E-state index contributed by atoms with van der Waals surface area (Å²) in [6.07, 6.45) is -3.30. The molecule has 1 aliphatic heterocycles. The average Bonchev–Trinajstić information content (AvgIpc) is 3.15. The molecule has 5 nitrogen and oxygen atoms in total. The van der Waals surface area contributed by atoms with E-state index in [-0.39, 0.29) is 40.1 Å². The molecule has 0 saturated carbocycles. The van der Waals surface area contributed by atoms with Crippen LogP contribution >= 0.6 is 34.8 Å². The van der Waals surface area contributed by atoms with Crippen LogP contribution in [-0.4, -0.2) is 38.6 Å². The fraction of sp³-hybridized carbons (Fsp3) is 0.300. The smallest absolute Gasteiger partial charge is 0.370 e. The van der Waals surface area contributed by atoms with Gasteiger partial charge in [-0.15, -0.1) is 0 Å². The lowest BCUT2D eigenvalue weighted by molar-refractivity contribution is -0.184. The first-order chi connectivity index (χ1) is 14.6. The van der Waals surface area contributed by atoms with Gasteiger partial charge in [-0.3, -0.25) is 0 Å². The van der Waals surface area contributed by atoms with Gasteiger partial charge in [0.25, 0.3) is 0 Å². The number of benzene rings is 2. The highest BCUT2D eigenvalue weighted by molar-refractivity contribution is 6.34. The summed E-state index contributed by atoms with van der Waals surface area (Å²) >= 11 is 18.2. The maximum Gasteiger partial charge on any atom is 0.400 e. The topological polar surface area (TPSA) is 56.7 Å². The Morgan fingerprint density at radius 1 is 1.16 bits per heavy atom. The first-order valence-electron chi connectivity index (χ1n) is 9.14. The van der Waals surface area contributed by atoms with Crippen molar-refractivity contribution in [3.05, 3.63) is 62.6 Å². The molecule has 166 valence electrons. The lowest BCUT2D eigenvalue weighted by Crippen LogP contribution is -2.44. The van der Waals surface area contributed by atoms with E-state index in [1.807, 2.05) is 0 Å². The molecule has 2 N–H and O–H groups in total. The van der Waals surface area contributed by atoms with E-state index in [9.17, 15) is 18.0 Å². The number of hydrogen-bond acceptors (Lipinski definition) is 3. The van der Waals surface area contributed by atoms with Gasteiger partial charge >= 0.3 is 12.2 Å². The van der Waals surface area contributed by atoms with Gasteiger partial charge in [0.15, 0.2) is 0 Å². The molecule has 1 saturated heterocycles. The van der Waals surface area contributed by atoms with Crippen LogP contribution in [-0.2, 0) is 5.41 Å². The fourth-order valence-corrected chi connectivity index (χ4v) is 4.27. The first kappa shape index (κ1) is 23.5. The van der Waals surface area contributed by atoms with Gasteiger partial charge in [-0.1, -0.05) is 34.8 Å². The van der Waals surface area contributed by atoms with Crippen molar-refractivity contribution in [1.82, 2.24) is 10.7 Å². The number of hydrogen-bond donors (Lipinski definition) is 2. The number of anilines is 1. The molecular formula is C20H18Cl3F3N4O. The number of carbonyl (C=O) groups is 1. The highest BCUT2D eigenvalue weighted by Gasteiger charge is 2.59. The van der Waals surface area contributed by atoms with Gasteiger partial charge < -0.3 is 10.2 Å². The number of carbonyl (C=O) groups excluding carboxylic acids is 1. The molecule has 3 rings (SSSR count). The summed E-state index contributed by atoms with van der Waals surface area (Å²) in [5.41, 5.74) is 1.21. The molecule has 1 unspecified atom stereocenters. The fourth-order valence-electron chi connectivity index (χ4n) is 3.52. The molecule has 1 heterocycles. The van der Waals surface area contributed by atoms with Crippen molar-refractivity contribution in [2.75, 3.05) is 25.0 Å². The molecule has 11 heteroatoms. The highest BCUT2D eigenvalue weighted by Crippen LogP contribution is 2.49. The van der Waals surface area contributed by atoms with Crippen molar-refractivity contribution in [2.45, 2.75) is 18.0 Å². The molecule has 1 fully saturated rings. The molecule has 0 spiro atoms. The Bertz CT molecular complexity index is 995. The first-order valence-corrected chi connectivity index (χ1v) is 10.3. The Kier molecular flexibility index (Phi) is 6.93.